The van der Waals surface area contributed by atoms with Gasteiger partial charge in [-0.15, -0.1) is 0 Å². The van der Waals surface area contributed by atoms with Gasteiger partial charge in [-0.25, -0.2) is 0 Å². The van der Waals surface area contributed by atoms with Gasteiger partial charge in [-0.2, -0.15) is 5.10 Å². The number of methoxy groups -OCH3 is 1. The van der Waals surface area contributed by atoms with Crippen molar-refractivity contribution in [3.63, 3.8) is 0 Å². The summed E-state index contributed by atoms with van der Waals surface area (Å²) in [6, 6.07) is 13.0. The molecule has 0 atom stereocenters. The molecule has 8 nitrogen and oxygen atoms in total. The van der Waals surface area contributed by atoms with Gasteiger partial charge >= 0.3 is 0 Å². The molecule has 3 rings (SSSR count). The Bertz CT molecular complexity index is 1050. The zero-order valence-electron chi connectivity index (χ0n) is 15.9. The number of hydrogen-bond donors (Lipinski definition) is 0. The van der Waals surface area contributed by atoms with E-state index in [4.69, 9.17) is 9.47 Å². The molecule has 0 fully saturated rings. The molecule has 0 saturated heterocycles. The molecule has 0 N–H and O–H groups in total. The number of aryl methyl sites for hydroxylation is 1. The molecular weight excluding hydrogens is 374 g/mol. The van der Waals surface area contributed by atoms with Crippen molar-refractivity contribution in [1.29, 1.82) is 0 Å². The molecule has 2 aromatic carbocycles. The second kappa shape index (κ2) is 8.83. The highest BCUT2D eigenvalue weighted by Gasteiger charge is 2.09. The van der Waals surface area contributed by atoms with Crippen LogP contribution in [0.5, 0.6) is 11.5 Å². The van der Waals surface area contributed by atoms with Crippen molar-refractivity contribution in [1.82, 2.24) is 9.78 Å². The fourth-order valence-electron chi connectivity index (χ4n) is 2.71. The highest BCUT2D eigenvalue weighted by atomic mass is 16.6. The number of nitro benzene ring substituents is 1. The fourth-order valence-corrected chi connectivity index (χ4v) is 2.71. The van der Waals surface area contributed by atoms with Crippen LogP contribution >= 0.6 is 0 Å². The zero-order valence-corrected chi connectivity index (χ0v) is 15.9. The van der Waals surface area contributed by atoms with Gasteiger partial charge in [0.2, 0.25) is 5.78 Å². The Kier molecular flexibility index (Phi) is 6.03. The van der Waals surface area contributed by atoms with Gasteiger partial charge in [0.1, 0.15) is 23.8 Å². The number of allylic oxidation sites excluding steroid dienone is 1. The molecule has 0 amide bonds. The van der Waals surface area contributed by atoms with Crippen LogP contribution in [0.1, 0.15) is 21.6 Å². The quantitative estimate of drug-likeness (QED) is 0.250. The van der Waals surface area contributed by atoms with E-state index in [0.717, 1.165) is 11.1 Å². The standard InChI is InChI=1S/C21H19N3O5/c1-23-19(11-12-22-23)20(25)9-3-15-4-10-21(28-2)16(13-15)14-29-18-7-5-17(6-8-18)24(26)27/h3-13H,14H2,1-2H3/b9-3+. The minimum absolute atomic E-state index is 0.000143. The van der Waals surface area contributed by atoms with E-state index in [0.29, 0.717) is 17.2 Å². The molecule has 0 aliphatic heterocycles. The van der Waals surface area contributed by atoms with Gasteiger partial charge in [0.25, 0.3) is 5.69 Å². The first kappa shape index (κ1) is 19.8. The molecule has 1 aromatic heterocycles. The van der Waals surface area contributed by atoms with Crippen LogP contribution in [0.25, 0.3) is 6.08 Å². The number of rotatable bonds is 8. The van der Waals surface area contributed by atoms with Crippen LogP contribution in [0.15, 0.2) is 60.8 Å². The molecule has 0 spiro atoms. The minimum Gasteiger partial charge on any atom is -0.496 e. The Balaban J connectivity index is 1.73. The van der Waals surface area contributed by atoms with E-state index in [1.807, 2.05) is 12.1 Å². The van der Waals surface area contributed by atoms with Crippen molar-refractivity contribution in [2.24, 2.45) is 7.05 Å². The largest absolute Gasteiger partial charge is 0.496 e. The molecule has 3 aromatic rings. The number of nitrogens with zero attached hydrogens (tertiary/aromatic N) is 3. The summed E-state index contributed by atoms with van der Waals surface area (Å²) >= 11 is 0. The topological polar surface area (TPSA) is 96.5 Å². The van der Waals surface area contributed by atoms with Crippen molar-refractivity contribution in [3.05, 3.63) is 87.7 Å². The summed E-state index contributed by atoms with van der Waals surface area (Å²) in [5, 5.41) is 14.7. The lowest BCUT2D eigenvalue weighted by atomic mass is 10.1. The minimum atomic E-state index is -0.463. The average molecular weight is 393 g/mol. The van der Waals surface area contributed by atoms with Gasteiger partial charge in [0.05, 0.1) is 12.0 Å². The van der Waals surface area contributed by atoms with E-state index < -0.39 is 4.92 Å². The summed E-state index contributed by atoms with van der Waals surface area (Å²) in [6.07, 6.45) is 4.77. The molecule has 0 bridgehead atoms. The lowest BCUT2D eigenvalue weighted by Crippen LogP contribution is -2.03. The molecule has 0 aliphatic carbocycles. The second-order valence-electron chi connectivity index (χ2n) is 6.15. The molecule has 0 aliphatic rings. The summed E-state index contributed by atoms with van der Waals surface area (Å²) in [6.45, 7) is 0.207. The summed E-state index contributed by atoms with van der Waals surface area (Å²) in [7, 11) is 3.27. The Morgan fingerprint density at radius 1 is 1.21 bits per heavy atom. The number of benzene rings is 2. The number of nitro groups is 1. The van der Waals surface area contributed by atoms with Gasteiger partial charge < -0.3 is 9.47 Å². The fraction of sp³-hybridized carbons (Fsp3) is 0.143. The third-order valence-corrected chi connectivity index (χ3v) is 4.25. The zero-order chi connectivity index (χ0) is 20.8. The van der Waals surface area contributed by atoms with Gasteiger partial charge in [-0.1, -0.05) is 12.1 Å². The lowest BCUT2D eigenvalue weighted by Gasteiger charge is -2.11. The number of ether oxygens (including phenoxy) is 2. The number of hydrogen-bond acceptors (Lipinski definition) is 6. The Morgan fingerprint density at radius 3 is 2.59 bits per heavy atom. The van der Waals surface area contributed by atoms with Crippen LogP contribution in [0.4, 0.5) is 5.69 Å². The predicted octanol–water partition coefficient (Wildman–Crippen LogP) is 3.81. The normalized spacial score (nSPS) is 10.8. The maximum absolute atomic E-state index is 12.2. The molecule has 0 radical (unpaired) electrons. The van der Waals surface area contributed by atoms with Crippen molar-refractivity contribution in [2.75, 3.05) is 7.11 Å². The molecule has 1 heterocycles. The van der Waals surface area contributed by atoms with Gasteiger partial charge in [-0.05, 0) is 42.0 Å². The molecule has 0 saturated carbocycles. The van der Waals surface area contributed by atoms with Crippen molar-refractivity contribution in [2.45, 2.75) is 6.61 Å². The first-order valence-corrected chi connectivity index (χ1v) is 8.72. The third-order valence-electron chi connectivity index (χ3n) is 4.25. The molecule has 0 unspecified atom stereocenters. The first-order valence-electron chi connectivity index (χ1n) is 8.72. The Hall–Kier alpha value is -3.94. The lowest BCUT2D eigenvalue weighted by molar-refractivity contribution is -0.384. The summed E-state index contributed by atoms with van der Waals surface area (Å²) in [4.78, 5) is 22.5. The van der Waals surface area contributed by atoms with E-state index in [9.17, 15) is 14.9 Å². The van der Waals surface area contributed by atoms with Crippen molar-refractivity contribution < 1.29 is 19.2 Å². The van der Waals surface area contributed by atoms with Gasteiger partial charge in [-0.3, -0.25) is 19.6 Å². The van der Waals surface area contributed by atoms with E-state index in [-0.39, 0.29) is 18.1 Å². The molecular formula is C21H19N3O5. The maximum atomic E-state index is 12.2. The summed E-state index contributed by atoms with van der Waals surface area (Å²) in [5.74, 6) is 0.997. The van der Waals surface area contributed by atoms with Crippen LogP contribution in [-0.2, 0) is 13.7 Å². The van der Waals surface area contributed by atoms with Gasteiger partial charge in [0.15, 0.2) is 0 Å². The smallest absolute Gasteiger partial charge is 0.269 e. The van der Waals surface area contributed by atoms with Crippen LogP contribution in [-0.4, -0.2) is 27.6 Å². The van der Waals surface area contributed by atoms with E-state index in [1.54, 1.807) is 50.7 Å². The average Bonchev–Trinajstić information content (AvgIpc) is 3.16. The monoisotopic (exact) mass is 393 g/mol. The summed E-state index contributed by atoms with van der Waals surface area (Å²) < 4.78 is 12.6. The highest BCUT2D eigenvalue weighted by Crippen LogP contribution is 2.24. The number of carbonyl (C=O) groups is 1. The van der Waals surface area contributed by atoms with Crippen LogP contribution in [0, 0.1) is 10.1 Å². The van der Waals surface area contributed by atoms with E-state index >= 15 is 0 Å². The molecule has 29 heavy (non-hydrogen) atoms. The van der Waals surface area contributed by atoms with E-state index in [2.05, 4.69) is 5.10 Å². The summed E-state index contributed by atoms with van der Waals surface area (Å²) in [5.41, 5.74) is 2.08. The number of ketones is 1. The van der Waals surface area contributed by atoms with Crippen molar-refractivity contribution >= 4 is 17.5 Å². The van der Waals surface area contributed by atoms with Crippen molar-refractivity contribution in [3.8, 4) is 11.5 Å². The Morgan fingerprint density at radius 2 is 1.97 bits per heavy atom. The molecule has 148 valence electrons. The number of non-ortho nitro benzene ring substituents is 1. The Labute approximate surface area is 167 Å². The predicted molar refractivity (Wildman–Crippen MR) is 107 cm³/mol. The SMILES string of the molecule is COc1ccc(/C=C/C(=O)c2ccnn2C)cc1COc1ccc([N+](=O)[O-])cc1. The molecule has 8 heteroatoms. The first-order chi connectivity index (χ1) is 14.0. The van der Waals surface area contributed by atoms with E-state index in [1.165, 1.54) is 22.9 Å². The van der Waals surface area contributed by atoms with Crippen LogP contribution in [0.2, 0.25) is 0 Å². The highest BCUT2D eigenvalue weighted by molar-refractivity contribution is 6.05. The maximum Gasteiger partial charge on any atom is 0.269 e. The van der Waals surface area contributed by atoms with Gasteiger partial charge in [0, 0.05) is 30.9 Å². The number of aromatic nitrogens is 2. The van der Waals surface area contributed by atoms with Crippen LogP contribution in [0.3, 0.4) is 0 Å². The third kappa shape index (κ3) is 4.86. The second-order valence-corrected chi connectivity index (χ2v) is 6.15. The number of carbonyl (C=O) groups excluding carboxylic acids is 1. The van der Waals surface area contributed by atoms with Crippen LogP contribution < -0.4 is 9.47 Å².